The molecule has 0 radical (unpaired) electrons. The zero-order valence-electron chi connectivity index (χ0n) is 9.82. The highest BCUT2D eigenvalue weighted by atomic mass is 31.2. The second-order valence-corrected chi connectivity index (χ2v) is 5.87. The van der Waals surface area contributed by atoms with Gasteiger partial charge in [0.05, 0.1) is 0 Å². The molecule has 19 heavy (non-hydrogen) atoms. The van der Waals surface area contributed by atoms with Crippen molar-refractivity contribution in [2.75, 3.05) is 0 Å². The van der Waals surface area contributed by atoms with E-state index in [4.69, 9.17) is 0 Å². The van der Waals surface area contributed by atoms with Crippen molar-refractivity contribution in [1.82, 2.24) is 0 Å². The number of phenols is 1. The molecule has 0 aliphatic carbocycles. The van der Waals surface area contributed by atoms with Gasteiger partial charge in [-0.15, -0.1) is 0 Å². The summed E-state index contributed by atoms with van der Waals surface area (Å²) in [5, 5.41) is 12.2. The lowest BCUT2D eigenvalue weighted by atomic mass is 10.0. The van der Waals surface area contributed by atoms with Gasteiger partial charge >= 0.3 is 7.60 Å². The fourth-order valence-corrected chi connectivity index (χ4v) is 3.30. The average molecular weight is 274 g/mol. The Morgan fingerprint density at radius 1 is 0.737 bits per heavy atom. The number of phenolic OH excluding ortho intramolecular Hbond substituents is 1. The maximum atomic E-state index is 11.6. The van der Waals surface area contributed by atoms with Crippen LogP contribution in [0, 0.1) is 0 Å². The molecule has 96 valence electrons. The van der Waals surface area contributed by atoms with Crippen LogP contribution in [0.5, 0.6) is 5.75 Å². The molecular formula is C14H11O4P. The SMILES string of the molecule is O=P(O)(O)c1c(O)c2ccccc2c2ccccc12. The van der Waals surface area contributed by atoms with Crippen molar-refractivity contribution in [3.8, 4) is 5.75 Å². The van der Waals surface area contributed by atoms with Gasteiger partial charge in [-0.3, -0.25) is 4.57 Å². The van der Waals surface area contributed by atoms with Crippen molar-refractivity contribution < 1.29 is 19.5 Å². The molecule has 3 aromatic rings. The molecule has 0 fully saturated rings. The van der Waals surface area contributed by atoms with E-state index in [1.54, 1.807) is 36.4 Å². The van der Waals surface area contributed by atoms with Crippen LogP contribution in [0.25, 0.3) is 21.5 Å². The summed E-state index contributed by atoms with van der Waals surface area (Å²) in [7, 11) is -4.56. The van der Waals surface area contributed by atoms with Crippen LogP contribution in [0.1, 0.15) is 0 Å². The van der Waals surface area contributed by atoms with E-state index >= 15 is 0 Å². The highest BCUT2D eigenvalue weighted by Gasteiger charge is 2.27. The molecule has 0 amide bonds. The normalized spacial score (nSPS) is 12.1. The van der Waals surface area contributed by atoms with E-state index in [-0.39, 0.29) is 11.1 Å². The molecule has 0 unspecified atom stereocenters. The zero-order valence-corrected chi connectivity index (χ0v) is 10.7. The summed E-state index contributed by atoms with van der Waals surface area (Å²) in [4.78, 5) is 19.0. The summed E-state index contributed by atoms with van der Waals surface area (Å²) in [5.41, 5.74) is 0. The van der Waals surface area contributed by atoms with Crippen LogP contribution < -0.4 is 5.30 Å². The molecule has 5 heteroatoms. The second kappa shape index (κ2) is 4.07. The van der Waals surface area contributed by atoms with E-state index < -0.39 is 7.60 Å². The van der Waals surface area contributed by atoms with Crippen LogP contribution in [0.3, 0.4) is 0 Å². The van der Waals surface area contributed by atoms with Crippen molar-refractivity contribution in [1.29, 1.82) is 0 Å². The molecular weight excluding hydrogens is 263 g/mol. The summed E-state index contributed by atoms with van der Waals surface area (Å²) in [5.74, 6) is -0.345. The van der Waals surface area contributed by atoms with Gasteiger partial charge in [0.15, 0.2) is 0 Å². The fraction of sp³-hybridized carbons (Fsp3) is 0. The number of hydrogen-bond acceptors (Lipinski definition) is 2. The van der Waals surface area contributed by atoms with Crippen LogP contribution in [-0.2, 0) is 4.57 Å². The van der Waals surface area contributed by atoms with Gasteiger partial charge in [0.25, 0.3) is 0 Å². The van der Waals surface area contributed by atoms with Gasteiger partial charge in [-0.1, -0.05) is 48.5 Å². The summed E-state index contributed by atoms with van der Waals surface area (Å²) < 4.78 is 11.6. The van der Waals surface area contributed by atoms with Crippen molar-refractivity contribution in [2.45, 2.75) is 0 Å². The maximum absolute atomic E-state index is 11.6. The predicted octanol–water partition coefficient (Wildman–Crippen LogP) is 2.50. The molecule has 0 saturated carbocycles. The quantitative estimate of drug-likeness (QED) is 0.470. The minimum Gasteiger partial charge on any atom is -0.506 e. The van der Waals surface area contributed by atoms with E-state index in [1.807, 2.05) is 12.1 Å². The molecule has 0 aliphatic heterocycles. The largest absolute Gasteiger partial charge is 0.506 e. The summed E-state index contributed by atoms with van der Waals surface area (Å²) in [6, 6.07) is 13.9. The number of fused-ring (bicyclic) bond motifs is 3. The third-order valence-electron chi connectivity index (χ3n) is 3.17. The molecule has 0 aliphatic rings. The van der Waals surface area contributed by atoms with Crippen LogP contribution in [0.2, 0.25) is 0 Å². The standard InChI is InChI=1S/C14H11O4P/c15-13-11-7-3-1-5-9(11)10-6-2-4-8-12(10)14(13)19(16,17)18/h1-8,15H,(H2,16,17,18). The summed E-state index contributed by atoms with van der Waals surface area (Å²) >= 11 is 0. The van der Waals surface area contributed by atoms with E-state index in [1.165, 1.54) is 0 Å². The third-order valence-corrected chi connectivity index (χ3v) is 4.21. The Hall–Kier alpha value is -1.87. The Morgan fingerprint density at radius 3 is 1.68 bits per heavy atom. The molecule has 4 nitrogen and oxygen atoms in total. The number of rotatable bonds is 1. The number of hydrogen-bond donors (Lipinski definition) is 3. The van der Waals surface area contributed by atoms with Crippen LogP contribution in [0.4, 0.5) is 0 Å². The van der Waals surface area contributed by atoms with Crippen molar-refractivity contribution in [3.05, 3.63) is 48.5 Å². The lowest BCUT2D eigenvalue weighted by Gasteiger charge is -2.14. The van der Waals surface area contributed by atoms with Crippen LogP contribution >= 0.6 is 7.60 Å². The summed E-state index contributed by atoms with van der Waals surface area (Å²) in [6.45, 7) is 0. The Labute approximate surface area is 109 Å². The first-order valence-corrected chi connectivity index (χ1v) is 7.30. The molecule has 0 aromatic heterocycles. The topological polar surface area (TPSA) is 77.8 Å². The smallest absolute Gasteiger partial charge is 0.360 e. The summed E-state index contributed by atoms with van der Waals surface area (Å²) in [6.07, 6.45) is 0. The van der Waals surface area contributed by atoms with Gasteiger partial charge < -0.3 is 14.9 Å². The Bertz CT molecular complexity index is 835. The Kier molecular flexibility index (Phi) is 2.61. The Morgan fingerprint density at radius 2 is 1.16 bits per heavy atom. The molecule has 3 N–H and O–H groups in total. The molecule has 0 bridgehead atoms. The fourth-order valence-electron chi connectivity index (χ4n) is 2.40. The lowest BCUT2D eigenvalue weighted by molar-refractivity contribution is 0.385. The lowest BCUT2D eigenvalue weighted by Crippen LogP contribution is -2.07. The molecule has 0 heterocycles. The number of benzene rings is 3. The van der Waals surface area contributed by atoms with Gasteiger partial charge in [0.1, 0.15) is 11.1 Å². The molecule has 0 spiro atoms. The highest BCUT2D eigenvalue weighted by molar-refractivity contribution is 7.61. The highest BCUT2D eigenvalue weighted by Crippen LogP contribution is 2.44. The van der Waals surface area contributed by atoms with Crippen LogP contribution in [0.15, 0.2) is 48.5 Å². The van der Waals surface area contributed by atoms with E-state index in [0.29, 0.717) is 16.2 Å². The zero-order chi connectivity index (χ0) is 13.6. The Balaban J connectivity index is 2.67. The first-order chi connectivity index (χ1) is 9.00. The van der Waals surface area contributed by atoms with Crippen molar-refractivity contribution >= 4 is 34.4 Å². The number of aromatic hydroxyl groups is 1. The average Bonchev–Trinajstić information content (AvgIpc) is 2.38. The molecule has 3 aromatic carbocycles. The van der Waals surface area contributed by atoms with Gasteiger partial charge in [-0.25, -0.2) is 0 Å². The van der Waals surface area contributed by atoms with E-state index in [2.05, 4.69) is 0 Å². The minimum atomic E-state index is -4.56. The second-order valence-electron chi connectivity index (χ2n) is 4.33. The first-order valence-electron chi connectivity index (χ1n) is 5.68. The van der Waals surface area contributed by atoms with Gasteiger partial charge in [0.2, 0.25) is 0 Å². The van der Waals surface area contributed by atoms with E-state index in [9.17, 15) is 19.5 Å². The third kappa shape index (κ3) is 1.81. The van der Waals surface area contributed by atoms with Gasteiger partial charge in [-0.2, -0.15) is 0 Å². The van der Waals surface area contributed by atoms with Gasteiger partial charge in [0, 0.05) is 10.8 Å². The predicted molar refractivity (Wildman–Crippen MR) is 74.8 cm³/mol. The molecule has 0 atom stereocenters. The van der Waals surface area contributed by atoms with Crippen molar-refractivity contribution in [2.24, 2.45) is 0 Å². The monoisotopic (exact) mass is 274 g/mol. The van der Waals surface area contributed by atoms with Crippen molar-refractivity contribution in [3.63, 3.8) is 0 Å². The minimum absolute atomic E-state index is 0.304. The first kappa shape index (κ1) is 12.2. The maximum Gasteiger partial charge on any atom is 0.360 e. The van der Waals surface area contributed by atoms with E-state index in [0.717, 1.165) is 5.39 Å². The van der Waals surface area contributed by atoms with Crippen LogP contribution in [-0.4, -0.2) is 14.9 Å². The molecule has 0 saturated heterocycles. The molecule has 3 rings (SSSR count). The van der Waals surface area contributed by atoms with Gasteiger partial charge in [-0.05, 0) is 10.8 Å².